The highest BCUT2D eigenvalue weighted by Gasteiger charge is 2.25. The van der Waals surface area contributed by atoms with Crippen LogP contribution in [0.4, 0.5) is 0 Å². The van der Waals surface area contributed by atoms with E-state index in [1.54, 1.807) is 30.3 Å². The number of hydrogen-bond acceptors (Lipinski definition) is 4. The molecule has 0 aliphatic heterocycles. The van der Waals surface area contributed by atoms with E-state index in [1.165, 1.54) is 0 Å². The maximum absolute atomic E-state index is 11.4. The van der Waals surface area contributed by atoms with Gasteiger partial charge in [0.1, 0.15) is 6.61 Å². The second-order valence-corrected chi connectivity index (χ2v) is 3.28. The van der Waals surface area contributed by atoms with Crippen molar-refractivity contribution in [1.82, 2.24) is 0 Å². The van der Waals surface area contributed by atoms with Crippen LogP contribution in [-0.2, 0) is 4.74 Å². The van der Waals surface area contributed by atoms with Gasteiger partial charge in [-0.05, 0) is 12.1 Å². The Labute approximate surface area is 93.5 Å². The van der Waals surface area contributed by atoms with Gasteiger partial charge in [-0.1, -0.05) is 24.1 Å². The first-order valence-corrected chi connectivity index (χ1v) is 4.64. The molecule has 4 nitrogen and oxygen atoms in total. The Bertz CT molecular complexity index is 393. The minimum absolute atomic E-state index is 0.361. The van der Waals surface area contributed by atoms with Crippen LogP contribution in [0.5, 0.6) is 0 Å². The first kappa shape index (κ1) is 12.2. The lowest BCUT2D eigenvalue weighted by Crippen LogP contribution is -2.37. The predicted molar refractivity (Wildman–Crippen MR) is 57.6 cm³/mol. The third kappa shape index (κ3) is 3.09. The molecule has 0 saturated heterocycles. The second kappa shape index (κ2) is 5.31. The molecule has 0 bridgehead atoms. The van der Waals surface area contributed by atoms with Crippen LogP contribution in [-0.4, -0.2) is 35.0 Å². The number of benzene rings is 1. The van der Waals surface area contributed by atoms with Gasteiger partial charge in [0.15, 0.2) is 5.60 Å². The first-order chi connectivity index (χ1) is 7.61. The van der Waals surface area contributed by atoms with Gasteiger partial charge in [0.05, 0.1) is 12.2 Å². The van der Waals surface area contributed by atoms with E-state index in [1.807, 2.05) is 5.92 Å². The highest BCUT2D eigenvalue weighted by molar-refractivity contribution is 5.89. The lowest BCUT2D eigenvalue weighted by Gasteiger charge is -2.18. The molecule has 16 heavy (non-hydrogen) atoms. The van der Waals surface area contributed by atoms with Crippen molar-refractivity contribution in [2.45, 2.75) is 5.60 Å². The van der Waals surface area contributed by atoms with E-state index in [-0.39, 0.29) is 0 Å². The number of aliphatic hydroxyl groups excluding tert-OH is 1. The molecule has 4 heteroatoms. The summed E-state index contributed by atoms with van der Waals surface area (Å²) in [6.45, 7) is -1.10. The van der Waals surface area contributed by atoms with Crippen LogP contribution in [0.2, 0.25) is 0 Å². The number of ether oxygens (including phenoxy) is 1. The van der Waals surface area contributed by atoms with Gasteiger partial charge in [-0.3, -0.25) is 0 Å². The Balaban J connectivity index is 2.58. The Kier molecular flexibility index (Phi) is 4.06. The fraction of sp³-hybridized carbons (Fsp3) is 0.250. The quantitative estimate of drug-likeness (QED) is 0.562. The van der Waals surface area contributed by atoms with Gasteiger partial charge < -0.3 is 14.9 Å². The molecule has 0 saturated carbocycles. The van der Waals surface area contributed by atoms with Crippen molar-refractivity contribution >= 4 is 5.97 Å². The standard InChI is InChI=1S/C12H12O4/c1-2-12(15,8-13)9-16-11(14)10-6-4-3-5-7-10/h1,3-7,13,15H,8-9H2/t12-/m1/s1. The van der Waals surface area contributed by atoms with E-state index < -0.39 is 24.8 Å². The summed E-state index contributed by atoms with van der Waals surface area (Å²) >= 11 is 0. The third-order valence-electron chi connectivity index (χ3n) is 1.98. The molecule has 0 amide bonds. The van der Waals surface area contributed by atoms with Crippen LogP contribution in [0.25, 0.3) is 0 Å². The number of esters is 1. The van der Waals surface area contributed by atoms with Gasteiger partial charge in [-0.15, -0.1) is 6.42 Å². The molecule has 0 heterocycles. The average molecular weight is 220 g/mol. The summed E-state index contributed by atoms with van der Waals surface area (Å²) in [5, 5.41) is 18.2. The summed E-state index contributed by atoms with van der Waals surface area (Å²) in [5.74, 6) is 1.37. The van der Waals surface area contributed by atoms with Crippen LogP contribution >= 0.6 is 0 Å². The Morgan fingerprint density at radius 2 is 2.06 bits per heavy atom. The highest BCUT2D eigenvalue weighted by atomic mass is 16.5. The molecule has 0 aliphatic rings. The molecule has 1 rings (SSSR count). The zero-order valence-corrected chi connectivity index (χ0v) is 8.59. The summed E-state index contributed by atoms with van der Waals surface area (Å²) in [6.07, 6.45) is 4.99. The van der Waals surface area contributed by atoms with Gasteiger partial charge >= 0.3 is 5.97 Å². The summed E-state index contributed by atoms with van der Waals surface area (Å²) < 4.78 is 4.78. The minimum atomic E-state index is -1.82. The molecule has 0 radical (unpaired) electrons. The normalized spacial score (nSPS) is 13.6. The molecule has 1 aromatic carbocycles. The van der Waals surface area contributed by atoms with Crippen LogP contribution in [0.1, 0.15) is 10.4 Å². The summed E-state index contributed by atoms with van der Waals surface area (Å²) in [5.41, 5.74) is -1.45. The Morgan fingerprint density at radius 3 is 2.56 bits per heavy atom. The Hall–Kier alpha value is -1.83. The van der Waals surface area contributed by atoms with Gasteiger partial charge in [0.25, 0.3) is 0 Å². The van der Waals surface area contributed by atoms with Crippen molar-refractivity contribution in [3.63, 3.8) is 0 Å². The number of carbonyl (C=O) groups excluding carboxylic acids is 1. The van der Waals surface area contributed by atoms with Crippen LogP contribution in [0, 0.1) is 12.3 Å². The molecule has 1 atom stereocenters. The summed E-state index contributed by atoms with van der Waals surface area (Å²) in [7, 11) is 0. The number of aliphatic hydroxyl groups is 2. The summed E-state index contributed by atoms with van der Waals surface area (Å²) in [4.78, 5) is 11.4. The zero-order chi connectivity index (χ0) is 12.0. The smallest absolute Gasteiger partial charge is 0.338 e. The van der Waals surface area contributed by atoms with E-state index in [9.17, 15) is 9.90 Å². The van der Waals surface area contributed by atoms with Crippen molar-refractivity contribution in [2.75, 3.05) is 13.2 Å². The van der Waals surface area contributed by atoms with E-state index in [4.69, 9.17) is 16.3 Å². The molecule has 0 aliphatic carbocycles. The van der Waals surface area contributed by atoms with Crippen molar-refractivity contribution in [1.29, 1.82) is 0 Å². The molecule has 84 valence electrons. The van der Waals surface area contributed by atoms with E-state index in [2.05, 4.69) is 0 Å². The molecule has 0 unspecified atom stereocenters. The SMILES string of the molecule is C#C[C@@](O)(CO)COC(=O)c1ccccc1. The molecule has 0 fully saturated rings. The zero-order valence-electron chi connectivity index (χ0n) is 8.59. The van der Waals surface area contributed by atoms with Crippen molar-refractivity contribution in [3.05, 3.63) is 35.9 Å². The van der Waals surface area contributed by atoms with Crippen molar-refractivity contribution in [2.24, 2.45) is 0 Å². The number of hydrogen-bond donors (Lipinski definition) is 2. The van der Waals surface area contributed by atoms with Gasteiger partial charge in [-0.25, -0.2) is 4.79 Å². The van der Waals surface area contributed by atoms with Crippen LogP contribution < -0.4 is 0 Å². The number of carbonyl (C=O) groups is 1. The average Bonchev–Trinajstić information content (AvgIpc) is 2.36. The van der Waals surface area contributed by atoms with Gasteiger partial charge in [0, 0.05) is 0 Å². The predicted octanol–water partition coefficient (Wildman–Crippen LogP) is 0.200. The molecule has 1 aromatic rings. The molecule has 0 aromatic heterocycles. The number of rotatable bonds is 4. The first-order valence-electron chi connectivity index (χ1n) is 4.64. The largest absolute Gasteiger partial charge is 0.458 e. The maximum atomic E-state index is 11.4. The van der Waals surface area contributed by atoms with E-state index >= 15 is 0 Å². The third-order valence-corrected chi connectivity index (χ3v) is 1.98. The van der Waals surface area contributed by atoms with Gasteiger partial charge in [-0.2, -0.15) is 0 Å². The highest BCUT2D eigenvalue weighted by Crippen LogP contribution is 2.06. The molecule has 0 spiro atoms. The topological polar surface area (TPSA) is 66.8 Å². The van der Waals surface area contributed by atoms with E-state index in [0.717, 1.165) is 0 Å². The van der Waals surface area contributed by atoms with Crippen molar-refractivity contribution in [3.8, 4) is 12.3 Å². The minimum Gasteiger partial charge on any atom is -0.458 e. The summed E-state index contributed by atoms with van der Waals surface area (Å²) in [6, 6.07) is 8.31. The van der Waals surface area contributed by atoms with E-state index in [0.29, 0.717) is 5.56 Å². The monoisotopic (exact) mass is 220 g/mol. The lowest BCUT2D eigenvalue weighted by atomic mass is 10.1. The Morgan fingerprint density at radius 1 is 1.44 bits per heavy atom. The van der Waals surface area contributed by atoms with Crippen LogP contribution in [0.15, 0.2) is 30.3 Å². The maximum Gasteiger partial charge on any atom is 0.338 e. The van der Waals surface area contributed by atoms with Crippen molar-refractivity contribution < 1.29 is 19.7 Å². The van der Waals surface area contributed by atoms with Gasteiger partial charge in [0.2, 0.25) is 0 Å². The number of terminal acetylenes is 1. The molecule has 2 N–H and O–H groups in total. The lowest BCUT2D eigenvalue weighted by molar-refractivity contribution is -0.0264. The fourth-order valence-corrected chi connectivity index (χ4v) is 0.975. The fourth-order valence-electron chi connectivity index (χ4n) is 0.975. The molecular weight excluding hydrogens is 208 g/mol. The molecular formula is C12H12O4. The second-order valence-electron chi connectivity index (χ2n) is 3.28. The van der Waals surface area contributed by atoms with Crippen LogP contribution in [0.3, 0.4) is 0 Å².